The molecule has 0 amide bonds. The molecule has 0 aliphatic carbocycles. The van der Waals surface area contributed by atoms with Crippen LogP contribution in [0.2, 0.25) is 0 Å². The van der Waals surface area contributed by atoms with Gasteiger partial charge in [-0.1, -0.05) is 212 Å². The fraction of sp³-hybridized carbons (Fsp3) is 0.947. The van der Waals surface area contributed by atoms with Crippen molar-refractivity contribution in [2.24, 2.45) is 0 Å². The van der Waals surface area contributed by atoms with Crippen molar-refractivity contribution < 1.29 is 69.0 Å². The standard InChI is InChI=1S/C57H108O14/c1-3-5-7-9-11-13-15-17-18-19-20-21-22-23-24-25-26-27-28-29-31-33-35-37-39-41-66-43-46(69-49(59)40-38-36-34-32-30-16-14-12-10-8-6-4-2)44-67-56-55(65)53(63)51(61)48(71-56)45-68-57-54(64)52(62)50(60)47(42-58)70-57/h12,14,46-48,50-58,60-65H,3-11,13,15-45H2,1-2H3/b14-12-. The molecule has 0 saturated carbocycles. The maximum Gasteiger partial charge on any atom is 0.306 e. The van der Waals surface area contributed by atoms with Gasteiger partial charge < -0.3 is 64.2 Å². The molecule has 7 N–H and O–H groups in total. The van der Waals surface area contributed by atoms with Crippen LogP contribution < -0.4 is 0 Å². The van der Waals surface area contributed by atoms with E-state index in [0.717, 1.165) is 57.8 Å². The topological polar surface area (TPSA) is 214 Å². The second kappa shape index (κ2) is 45.0. The van der Waals surface area contributed by atoms with E-state index in [0.29, 0.717) is 13.0 Å². The monoisotopic (exact) mass is 1020 g/mol. The molecule has 2 aliphatic heterocycles. The smallest absolute Gasteiger partial charge is 0.306 e. The molecule has 0 aromatic rings. The summed E-state index contributed by atoms with van der Waals surface area (Å²) in [5.74, 6) is -0.381. The second-order valence-corrected chi connectivity index (χ2v) is 20.8. The van der Waals surface area contributed by atoms with Crippen LogP contribution >= 0.6 is 0 Å². The van der Waals surface area contributed by atoms with Crippen molar-refractivity contribution in [3.05, 3.63) is 12.2 Å². The van der Waals surface area contributed by atoms with Gasteiger partial charge in [0.25, 0.3) is 0 Å². The molecule has 11 unspecified atom stereocenters. The maximum absolute atomic E-state index is 13.0. The lowest BCUT2D eigenvalue weighted by atomic mass is 9.98. The summed E-state index contributed by atoms with van der Waals surface area (Å²) in [5.41, 5.74) is 0. The van der Waals surface area contributed by atoms with Crippen LogP contribution in [0.3, 0.4) is 0 Å². The molecule has 0 spiro atoms. The van der Waals surface area contributed by atoms with E-state index in [-0.39, 0.29) is 25.6 Å². The number of esters is 1. The summed E-state index contributed by atoms with van der Waals surface area (Å²) in [6.07, 6.45) is 32.9. The van der Waals surface area contributed by atoms with Crippen molar-refractivity contribution in [1.82, 2.24) is 0 Å². The lowest BCUT2D eigenvalue weighted by Crippen LogP contribution is -2.61. The predicted molar refractivity (Wildman–Crippen MR) is 280 cm³/mol. The van der Waals surface area contributed by atoms with E-state index in [1.807, 2.05) is 0 Å². The number of hydrogen-bond acceptors (Lipinski definition) is 14. The minimum absolute atomic E-state index is 0.0642. The lowest BCUT2D eigenvalue weighted by molar-refractivity contribution is -0.332. The van der Waals surface area contributed by atoms with Crippen LogP contribution in [-0.4, -0.2) is 142 Å². The van der Waals surface area contributed by atoms with Gasteiger partial charge in [0, 0.05) is 13.0 Å². The summed E-state index contributed by atoms with van der Waals surface area (Å²) >= 11 is 0. The van der Waals surface area contributed by atoms with Crippen molar-refractivity contribution in [3.63, 3.8) is 0 Å². The van der Waals surface area contributed by atoms with E-state index < -0.39 is 80.7 Å². The fourth-order valence-electron chi connectivity index (χ4n) is 9.52. The number of unbranched alkanes of at least 4 members (excludes halogenated alkanes) is 32. The molecule has 2 rings (SSSR count). The highest BCUT2D eigenvalue weighted by Crippen LogP contribution is 2.27. The molecule has 2 aliphatic rings. The van der Waals surface area contributed by atoms with Gasteiger partial charge >= 0.3 is 5.97 Å². The molecule has 0 aromatic heterocycles. The minimum atomic E-state index is -1.70. The minimum Gasteiger partial charge on any atom is -0.457 e. The first-order valence-corrected chi connectivity index (χ1v) is 29.3. The Morgan fingerprint density at radius 3 is 1.31 bits per heavy atom. The van der Waals surface area contributed by atoms with Crippen molar-refractivity contribution >= 4 is 5.97 Å². The third-order valence-corrected chi connectivity index (χ3v) is 14.3. The van der Waals surface area contributed by atoms with Crippen LogP contribution in [-0.2, 0) is 33.2 Å². The fourth-order valence-corrected chi connectivity index (χ4v) is 9.52. The Kier molecular flexibility index (Phi) is 41.7. The summed E-state index contributed by atoms with van der Waals surface area (Å²) < 4.78 is 34.3. The largest absolute Gasteiger partial charge is 0.457 e. The Balaban J connectivity index is 1.65. The van der Waals surface area contributed by atoms with E-state index >= 15 is 0 Å². The number of aliphatic hydroxyl groups is 7. The van der Waals surface area contributed by atoms with Crippen molar-refractivity contribution in [1.29, 1.82) is 0 Å². The Hall–Kier alpha value is -1.27. The molecule has 0 radical (unpaired) electrons. The van der Waals surface area contributed by atoms with Crippen molar-refractivity contribution in [2.75, 3.05) is 33.0 Å². The Morgan fingerprint density at radius 1 is 0.451 bits per heavy atom. The van der Waals surface area contributed by atoms with Crippen LogP contribution in [0.4, 0.5) is 0 Å². The van der Waals surface area contributed by atoms with E-state index in [4.69, 9.17) is 28.4 Å². The number of carbonyl (C=O) groups excluding carboxylic acids is 1. The van der Waals surface area contributed by atoms with Crippen LogP contribution in [0.25, 0.3) is 0 Å². The zero-order valence-electron chi connectivity index (χ0n) is 45.0. The molecule has 2 saturated heterocycles. The molecule has 14 heteroatoms. The first-order valence-electron chi connectivity index (χ1n) is 29.3. The molecule has 11 atom stereocenters. The van der Waals surface area contributed by atoms with Gasteiger partial charge in [0.05, 0.1) is 26.4 Å². The predicted octanol–water partition coefficient (Wildman–Crippen LogP) is 10.2. The number of ether oxygens (including phenoxy) is 6. The average Bonchev–Trinajstić information content (AvgIpc) is 3.37. The summed E-state index contributed by atoms with van der Waals surface area (Å²) in [6.45, 7) is 3.70. The number of carbonyl (C=O) groups is 1. The molecular formula is C57H108O14. The van der Waals surface area contributed by atoms with Crippen molar-refractivity contribution in [3.8, 4) is 0 Å². The number of hydrogen-bond donors (Lipinski definition) is 7. The first-order chi connectivity index (χ1) is 34.6. The maximum atomic E-state index is 13.0. The molecule has 2 heterocycles. The highest BCUT2D eigenvalue weighted by Gasteiger charge is 2.47. The van der Waals surface area contributed by atoms with Gasteiger partial charge in [0.2, 0.25) is 0 Å². The SMILES string of the molecule is CCCCC/C=C\CCCCCCCC(=O)OC(COCCCCCCCCCCCCCCCCCCCCCCCCCCC)COC1OC(COC2OC(CO)C(O)C(O)C2O)C(O)C(O)C1O. The summed E-state index contributed by atoms with van der Waals surface area (Å²) in [4.78, 5) is 13.0. The quantitative estimate of drug-likeness (QED) is 0.0172. The highest BCUT2D eigenvalue weighted by atomic mass is 16.7. The molecule has 71 heavy (non-hydrogen) atoms. The molecule has 420 valence electrons. The molecule has 0 aromatic carbocycles. The Bertz CT molecular complexity index is 1230. The highest BCUT2D eigenvalue weighted by molar-refractivity contribution is 5.69. The van der Waals surface area contributed by atoms with Gasteiger partial charge in [0.15, 0.2) is 12.6 Å². The van der Waals surface area contributed by atoms with Crippen LogP contribution in [0, 0.1) is 0 Å². The van der Waals surface area contributed by atoms with Crippen LogP contribution in [0.5, 0.6) is 0 Å². The van der Waals surface area contributed by atoms with Crippen LogP contribution in [0.15, 0.2) is 12.2 Å². The van der Waals surface area contributed by atoms with Gasteiger partial charge in [-0.05, 0) is 38.5 Å². The number of rotatable bonds is 48. The van der Waals surface area contributed by atoms with Gasteiger partial charge in [-0.3, -0.25) is 4.79 Å². The molecular weight excluding hydrogens is 909 g/mol. The Labute approximate surface area is 431 Å². The van der Waals surface area contributed by atoms with E-state index in [1.54, 1.807) is 0 Å². The zero-order chi connectivity index (χ0) is 51.6. The first kappa shape index (κ1) is 65.8. The molecule has 0 bridgehead atoms. The average molecular weight is 1020 g/mol. The second-order valence-electron chi connectivity index (χ2n) is 20.8. The van der Waals surface area contributed by atoms with Gasteiger partial charge in [0.1, 0.15) is 54.9 Å². The summed E-state index contributed by atoms with van der Waals surface area (Å²) in [5, 5.41) is 72.2. The van der Waals surface area contributed by atoms with Gasteiger partial charge in [-0.2, -0.15) is 0 Å². The number of aliphatic hydroxyl groups excluding tert-OH is 7. The van der Waals surface area contributed by atoms with E-state index in [2.05, 4.69) is 26.0 Å². The molecule has 14 nitrogen and oxygen atoms in total. The Morgan fingerprint density at radius 2 is 0.831 bits per heavy atom. The summed E-state index contributed by atoms with van der Waals surface area (Å²) in [6, 6.07) is 0. The van der Waals surface area contributed by atoms with E-state index in [9.17, 15) is 40.5 Å². The van der Waals surface area contributed by atoms with Crippen molar-refractivity contribution in [2.45, 2.75) is 313 Å². The third kappa shape index (κ3) is 32.0. The van der Waals surface area contributed by atoms with Gasteiger partial charge in [-0.25, -0.2) is 0 Å². The molecule has 2 fully saturated rings. The lowest BCUT2D eigenvalue weighted by Gasteiger charge is -2.42. The van der Waals surface area contributed by atoms with Gasteiger partial charge in [-0.15, -0.1) is 0 Å². The third-order valence-electron chi connectivity index (χ3n) is 14.3. The van der Waals surface area contributed by atoms with Crippen LogP contribution in [0.1, 0.15) is 245 Å². The number of allylic oxidation sites excluding steroid dienone is 2. The zero-order valence-corrected chi connectivity index (χ0v) is 45.0. The normalized spacial score (nSPS) is 25.3. The van der Waals surface area contributed by atoms with E-state index in [1.165, 1.54) is 161 Å². The summed E-state index contributed by atoms with van der Waals surface area (Å²) in [7, 11) is 0.